The second-order valence-electron chi connectivity index (χ2n) is 3.20. The van der Waals surface area contributed by atoms with Crippen LogP contribution in [0.15, 0.2) is 23.4 Å². The van der Waals surface area contributed by atoms with Crippen molar-refractivity contribution in [1.82, 2.24) is 4.98 Å². The number of thioether (sulfide) groups is 1. The van der Waals surface area contributed by atoms with Gasteiger partial charge in [0.25, 0.3) is 0 Å². The van der Waals surface area contributed by atoms with Gasteiger partial charge in [-0.1, -0.05) is 0 Å². The monoisotopic (exact) mass is 193 g/mol. The summed E-state index contributed by atoms with van der Waals surface area (Å²) in [6.07, 6.45) is 5.80. The van der Waals surface area contributed by atoms with Gasteiger partial charge in [0, 0.05) is 12.1 Å². The van der Waals surface area contributed by atoms with Crippen LogP contribution in [0, 0.1) is 5.92 Å². The molecule has 1 aliphatic rings. The molecule has 1 aromatic heterocycles. The number of Topliss-reactive ketones (excluding diaryl/α,β-unsaturated/α-hetero) is 1. The molecule has 3 heteroatoms. The number of nitrogens with zero attached hydrogens (tertiary/aromatic N) is 1. The van der Waals surface area contributed by atoms with E-state index < -0.39 is 0 Å². The largest absolute Gasteiger partial charge is 0.294 e. The molecule has 1 aromatic rings. The molecule has 0 aromatic carbocycles. The Bertz CT molecular complexity index is 333. The molecule has 0 N–H and O–H groups in total. The highest BCUT2D eigenvalue weighted by molar-refractivity contribution is 7.98. The summed E-state index contributed by atoms with van der Waals surface area (Å²) in [7, 11) is 0. The SMILES string of the molecule is CSc1ncccc1C(=O)C1CC1. The third-order valence-electron chi connectivity index (χ3n) is 2.18. The van der Waals surface area contributed by atoms with Crippen LogP contribution in [0.1, 0.15) is 23.2 Å². The van der Waals surface area contributed by atoms with Crippen molar-refractivity contribution < 1.29 is 4.79 Å². The number of pyridine rings is 1. The minimum Gasteiger partial charge on any atom is -0.294 e. The Hall–Kier alpha value is -0.830. The Balaban J connectivity index is 2.31. The molecule has 1 fully saturated rings. The molecule has 0 atom stereocenters. The lowest BCUT2D eigenvalue weighted by Crippen LogP contribution is -2.03. The van der Waals surface area contributed by atoms with Crippen molar-refractivity contribution in [2.75, 3.05) is 6.26 Å². The van der Waals surface area contributed by atoms with Gasteiger partial charge in [-0.2, -0.15) is 0 Å². The number of aromatic nitrogens is 1. The molecule has 0 bridgehead atoms. The topological polar surface area (TPSA) is 30.0 Å². The van der Waals surface area contributed by atoms with Crippen LogP contribution >= 0.6 is 11.8 Å². The van der Waals surface area contributed by atoms with E-state index in [0.29, 0.717) is 0 Å². The van der Waals surface area contributed by atoms with Crippen molar-refractivity contribution in [3.8, 4) is 0 Å². The van der Waals surface area contributed by atoms with Crippen molar-refractivity contribution in [3.63, 3.8) is 0 Å². The molecule has 0 saturated heterocycles. The number of hydrogen-bond acceptors (Lipinski definition) is 3. The molecule has 0 aliphatic heterocycles. The molecule has 2 rings (SSSR count). The summed E-state index contributed by atoms with van der Waals surface area (Å²) in [5.41, 5.74) is 0.803. The van der Waals surface area contributed by atoms with Crippen molar-refractivity contribution in [1.29, 1.82) is 0 Å². The Kier molecular flexibility index (Phi) is 2.36. The van der Waals surface area contributed by atoms with Crippen LogP contribution in [0.4, 0.5) is 0 Å². The van der Waals surface area contributed by atoms with Gasteiger partial charge < -0.3 is 0 Å². The van der Waals surface area contributed by atoms with E-state index in [1.54, 1.807) is 6.20 Å². The summed E-state index contributed by atoms with van der Waals surface area (Å²) in [6.45, 7) is 0. The van der Waals surface area contributed by atoms with Gasteiger partial charge in [-0.3, -0.25) is 4.79 Å². The zero-order chi connectivity index (χ0) is 9.26. The van der Waals surface area contributed by atoms with E-state index in [1.165, 1.54) is 11.8 Å². The van der Waals surface area contributed by atoms with Crippen molar-refractivity contribution >= 4 is 17.5 Å². The fraction of sp³-hybridized carbons (Fsp3) is 0.400. The normalized spacial score (nSPS) is 15.8. The first-order valence-electron chi connectivity index (χ1n) is 4.36. The van der Waals surface area contributed by atoms with Crippen LogP contribution in [-0.2, 0) is 0 Å². The summed E-state index contributed by atoms with van der Waals surface area (Å²) >= 11 is 1.54. The number of rotatable bonds is 3. The highest BCUT2D eigenvalue weighted by Crippen LogP contribution is 2.34. The predicted octanol–water partition coefficient (Wildman–Crippen LogP) is 2.40. The van der Waals surface area contributed by atoms with Gasteiger partial charge in [-0.25, -0.2) is 4.98 Å². The van der Waals surface area contributed by atoms with Crippen LogP contribution in [0.25, 0.3) is 0 Å². The van der Waals surface area contributed by atoms with E-state index in [4.69, 9.17) is 0 Å². The van der Waals surface area contributed by atoms with Crippen LogP contribution in [-0.4, -0.2) is 17.0 Å². The van der Waals surface area contributed by atoms with Gasteiger partial charge in [-0.15, -0.1) is 11.8 Å². The summed E-state index contributed by atoms with van der Waals surface area (Å²) in [6, 6.07) is 3.70. The summed E-state index contributed by atoms with van der Waals surface area (Å²) in [5.74, 6) is 0.563. The lowest BCUT2D eigenvalue weighted by molar-refractivity contribution is 0.0964. The molecule has 68 valence electrons. The third-order valence-corrected chi connectivity index (χ3v) is 2.89. The molecule has 2 nitrogen and oxygen atoms in total. The van der Waals surface area contributed by atoms with E-state index in [2.05, 4.69) is 4.98 Å². The van der Waals surface area contributed by atoms with Crippen LogP contribution in [0.3, 0.4) is 0 Å². The summed E-state index contributed by atoms with van der Waals surface area (Å²) < 4.78 is 0. The average Bonchev–Trinajstić information content (AvgIpc) is 3.00. The molecule has 0 radical (unpaired) electrons. The molecule has 0 spiro atoms. The molecule has 13 heavy (non-hydrogen) atoms. The summed E-state index contributed by atoms with van der Waals surface area (Å²) in [5, 5.41) is 0.861. The van der Waals surface area contributed by atoms with E-state index in [9.17, 15) is 4.79 Å². The first kappa shape index (κ1) is 8.75. The average molecular weight is 193 g/mol. The standard InChI is InChI=1S/C10H11NOS/c1-13-10-8(3-2-6-11-10)9(12)7-4-5-7/h2-3,6-7H,4-5H2,1H3. The number of carbonyl (C=O) groups excluding carboxylic acids is 1. The van der Waals surface area contributed by atoms with E-state index in [1.807, 2.05) is 18.4 Å². The van der Waals surface area contributed by atoms with Crippen molar-refractivity contribution in [2.45, 2.75) is 17.9 Å². The molecule has 0 unspecified atom stereocenters. The quantitative estimate of drug-likeness (QED) is 0.545. The lowest BCUT2D eigenvalue weighted by Gasteiger charge is -2.02. The maximum absolute atomic E-state index is 11.7. The highest BCUT2D eigenvalue weighted by atomic mass is 32.2. The number of hydrogen-bond donors (Lipinski definition) is 0. The smallest absolute Gasteiger partial charge is 0.168 e. The molecule has 1 saturated carbocycles. The Morgan fingerprint density at radius 1 is 1.62 bits per heavy atom. The van der Waals surface area contributed by atoms with Gasteiger partial charge in [-0.05, 0) is 31.2 Å². The number of ketones is 1. The minimum atomic E-state index is 0.275. The van der Waals surface area contributed by atoms with Gasteiger partial charge in [0.05, 0.1) is 5.56 Å². The Labute approximate surface area is 81.8 Å². The van der Waals surface area contributed by atoms with E-state index in [0.717, 1.165) is 23.4 Å². The second kappa shape index (κ2) is 3.50. The van der Waals surface area contributed by atoms with Gasteiger partial charge in [0.2, 0.25) is 0 Å². The zero-order valence-corrected chi connectivity index (χ0v) is 8.30. The van der Waals surface area contributed by atoms with Crippen LogP contribution in [0.5, 0.6) is 0 Å². The van der Waals surface area contributed by atoms with Gasteiger partial charge >= 0.3 is 0 Å². The molecular formula is C10H11NOS. The summed E-state index contributed by atoms with van der Waals surface area (Å²) in [4.78, 5) is 15.9. The Morgan fingerprint density at radius 3 is 3.00 bits per heavy atom. The predicted molar refractivity (Wildman–Crippen MR) is 53.1 cm³/mol. The van der Waals surface area contributed by atoms with Gasteiger partial charge in [0.1, 0.15) is 5.03 Å². The fourth-order valence-corrected chi connectivity index (χ4v) is 1.86. The van der Waals surface area contributed by atoms with Gasteiger partial charge in [0.15, 0.2) is 5.78 Å². The van der Waals surface area contributed by atoms with Crippen LogP contribution in [0.2, 0.25) is 0 Å². The molecular weight excluding hydrogens is 182 g/mol. The maximum atomic E-state index is 11.7. The van der Waals surface area contributed by atoms with Crippen LogP contribution < -0.4 is 0 Å². The molecule has 1 heterocycles. The first-order valence-corrected chi connectivity index (χ1v) is 5.58. The highest BCUT2D eigenvalue weighted by Gasteiger charge is 2.31. The molecule has 0 amide bonds. The van der Waals surface area contributed by atoms with E-state index >= 15 is 0 Å². The zero-order valence-electron chi connectivity index (χ0n) is 7.49. The first-order chi connectivity index (χ1) is 6.33. The Morgan fingerprint density at radius 2 is 2.38 bits per heavy atom. The van der Waals surface area contributed by atoms with Crippen molar-refractivity contribution in [3.05, 3.63) is 23.9 Å². The number of carbonyl (C=O) groups is 1. The molecule has 1 aliphatic carbocycles. The van der Waals surface area contributed by atoms with E-state index in [-0.39, 0.29) is 11.7 Å². The second-order valence-corrected chi connectivity index (χ2v) is 3.99. The fourth-order valence-electron chi connectivity index (χ4n) is 1.31. The third kappa shape index (κ3) is 1.75. The van der Waals surface area contributed by atoms with Crippen molar-refractivity contribution in [2.24, 2.45) is 5.92 Å². The maximum Gasteiger partial charge on any atom is 0.168 e. The lowest BCUT2D eigenvalue weighted by atomic mass is 10.1. The minimum absolute atomic E-state index is 0.275.